The SMILES string of the molecule is CN(CCc1ccccc1)C(=O)CC1C(=O)NCCN1C1CCCC1. The van der Waals surface area contributed by atoms with Crippen LogP contribution in [0.2, 0.25) is 0 Å². The first-order valence-electron chi connectivity index (χ1n) is 9.46. The fraction of sp³-hybridized carbons (Fsp3) is 0.600. The van der Waals surface area contributed by atoms with Crippen molar-refractivity contribution in [1.82, 2.24) is 15.1 Å². The minimum Gasteiger partial charge on any atom is -0.353 e. The summed E-state index contributed by atoms with van der Waals surface area (Å²) >= 11 is 0. The van der Waals surface area contributed by atoms with Gasteiger partial charge in [0.2, 0.25) is 11.8 Å². The summed E-state index contributed by atoms with van der Waals surface area (Å²) in [7, 11) is 1.84. The highest BCUT2D eigenvalue weighted by atomic mass is 16.2. The summed E-state index contributed by atoms with van der Waals surface area (Å²) in [5, 5.41) is 2.94. The van der Waals surface area contributed by atoms with E-state index in [1.54, 1.807) is 4.90 Å². The van der Waals surface area contributed by atoms with Crippen LogP contribution in [-0.2, 0) is 16.0 Å². The molecular weight excluding hydrogens is 314 g/mol. The minimum absolute atomic E-state index is 0.0166. The Hall–Kier alpha value is -1.88. The molecule has 1 N–H and O–H groups in total. The van der Waals surface area contributed by atoms with E-state index >= 15 is 0 Å². The van der Waals surface area contributed by atoms with Crippen LogP contribution in [0.25, 0.3) is 0 Å². The second kappa shape index (κ2) is 8.48. The zero-order valence-electron chi connectivity index (χ0n) is 15.1. The van der Waals surface area contributed by atoms with Gasteiger partial charge in [-0.15, -0.1) is 0 Å². The Balaban J connectivity index is 1.56. The Bertz CT molecular complexity index is 584. The molecule has 1 heterocycles. The van der Waals surface area contributed by atoms with Crippen molar-refractivity contribution in [1.29, 1.82) is 0 Å². The number of carbonyl (C=O) groups is 2. The van der Waals surface area contributed by atoms with Gasteiger partial charge < -0.3 is 10.2 Å². The van der Waals surface area contributed by atoms with Gasteiger partial charge in [-0.05, 0) is 24.8 Å². The van der Waals surface area contributed by atoms with Crippen LogP contribution in [0.4, 0.5) is 0 Å². The number of likely N-dealkylation sites (N-methyl/N-ethyl adjacent to an activating group) is 1. The van der Waals surface area contributed by atoms with Crippen molar-refractivity contribution in [2.45, 2.75) is 50.6 Å². The first kappa shape index (κ1) is 17.9. The maximum absolute atomic E-state index is 12.7. The maximum atomic E-state index is 12.7. The summed E-state index contributed by atoms with van der Waals surface area (Å²) in [6.07, 6.45) is 5.91. The first-order valence-corrected chi connectivity index (χ1v) is 9.46. The molecule has 1 saturated heterocycles. The van der Waals surface area contributed by atoms with Gasteiger partial charge in [0, 0.05) is 32.7 Å². The van der Waals surface area contributed by atoms with Crippen molar-refractivity contribution in [3.63, 3.8) is 0 Å². The van der Waals surface area contributed by atoms with E-state index < -0.39 is 0 Å². The van der Waals surface area contributed by atoms with Gasteiger partial charge in [0.1, 0.15) is 0 Å². The third-order valence-electron chi connectivity index (χ3n) is 5.54. The van der Waals surface area contributed by atoms with Crippen LogP contribution in [-0.4, -0.2) is 60.4 Å². The zero-order valence-corrected chi connectivity index (χ0v) is 15.1. The maximum Gasteiger partial charge on any atom is 0.237 e. The molecule has 2 amide bonds. The van der Waals surface area contributed by atoms with E-state index in [9.17, 15) is 9.59 Å². The normalized spacial score (nSPS) is 22.0. The molecule has 0 radical (unpaired) electrons. The number of piperazine rings is 1. The molecule has 0 spiro atoms. The van der Waals surface area contributed by atoms with E-state index in [-0.39, 0.29) is 24.3 Å². The Morgan fingerprint density at radius 3 is 2.68 bits per heavy atom. The lowest BCUT2D eigenvalue weighted by Gasteiger charge is -2.39. The molecule has 1 aromatic carbocycles. The molecule has 1 saturated carbocycles. The standard InChI is InChI=1S/C20H29N3O2/c1-22(13-11-16-7-3-2-4-8-16)19(24)15-18-20(25)21-12-14-23(18)17-9-5-6-10-17/h2-4,7-8,17-18H,5-6,9-15H2,1H3,(H,21,25). The summed E-state index contributed by atoms with van der Waals surface area (Å²) in [4.78, 5) is 29.1. The second-order valence-corrected chi connectivity index (χ2v) is 7.24. The van der Waals surface area contributed by atoms with Gasteiger partial charge in [0.25, 0.3) is 0 Å². The lowest BCUT2D eigenvalue weighted by molar-refractivity contribution is -0.139. The van der Waals surface area contributed by atoms with Gasteiger partial charge in [-0.2, -0.15) is 0 Å². The molecule has 0 bridgehead atoms. The zero-order chi connectivity index (χ0) is 17.6. The number of nitrogens with zero attached hydrogens (tertiary/aromatic N) is 2. The molecule has 1 unspecified atom stereocenters. The summed E-state index contributed by atoms with van der Waals surface area (Å²) in [6.45, 7) is 2.24. The molecule has 136 valence electrons. The smallest absolute Gasteiger partial charge is 0.237 e. The molecule has 3 rings (SSSR count). The van der Waals surface area contributed by atoms with Crippen LogP contribution in [0.3, 0.4) is 0 Å². The summed E-state index contributed by atoms with van der Waals surface area (Å²) in [5.41, 5.74) is 1.23. The molecule has 1 aromatic rings. The Morgan fingerprint density at radius 2 is 1.96 bits per heavy atom. The summed E-state index contributed by atoms with van der Waals surface area (Å²) in [6, 6.07) is 10.4. The van der Waals surface area contributed by atoms with Crippen molar-refractivity contribution < 1.29 is 9.59 Å². The second-order valence-electron chi connectivity index (χ2n) is 7.24. The monoisotopic (exact) mass is 343 g/mol. The van der Waals surface area contributed by atoms with Gasteiger partial charge in [-0.25, -0.2) is 0 Å². The van der Waals surface area contributed by atoms with E-state index in [4.69, 9.17) is 0 Å². The highest BCUT2D eigenvalue weighted by Crippen LogP contribution is 2.27. The fourth-order valence-corrected chi connectivity index (χ4v) is 4.00. The number of carbonyl (C=O) groups excluding carboxylic acids is 2. The van der Waals surface area contributed by atoms with E-state index in [2.05, 4.69) is 22.3 Å². The van der Waals surface area contributed by atoms with Crippen LogP contribution in [0.15, 0.2) is 30.3 Å². The number of nitrogens with one attached hydrogen (secondary N) is 1. The van der Waals surface area contributed by atoms with Crippen LogP contribution in [0.5, 0.6) is 0 Å². The molecule has 1 atom stereocenters. The molecule has 2 aliphatic rings. The van der Waals surface area contributed by atoms with Crippen molar-refractivity contribution in [3.8, 4) is 0 Å². The lowest BCUT2D eigenvalue weighted by Crippen LogP contribution is -2.59. The number of rotatable bonds is 6. The molecule has 1 aliphatic heterocycles. The molecular formula is C20H29N3O2. The molecule has 1 aliphatic carbocycles. The first-order chi connectivity index (χ1) is 12.1. The van der Waals surface area contributed by atoms with Crippen molar-refractivity contribution >= 4 is 11.8 Å². The van der Waals surface area contributed by atoms with Crippen LogP contribution in [0.1, 0.15) is 37.7 Å². The van der Waals surface area contributed by atoms with Crippen LogP contribution in [0, 0.1) is 0 Å². The molecule has 25 heavy (non-hydrogen) atoms. The number of hydrogen-bond acceptors (Lipinski definition) is 3. The van der Waals surface area contributed by atoms with E-state index in [1.165, 1.54) is 18.4 Å². The number of hydrogen-bond donors (Lipinski definition) is 1. The molecule has 2 fully saturated rings. The molecule has 0 aromatic heterocycles. The Kier molecular flexibility index (Phi) is 6.08. The van der Waals surface area contributed by atoms with Crippen molar-refractivity contribution in [3.05, 3.63) is 35.9 Å². The van der Waals surface area contributed by atoms with Gasteiger partial charge in [-0.1, -0.05) is 43.2 Å². The predicted molar refractivity (Wildman–Crippen MR) is 98.2 cm³/mol. The third-order valence-corrected chi connectivity index (χ3v) is 5.54. The van der Waals surface area contributed by atoms with Gasteiger partial charge in [-0.3, -0.25) is 14.5 Å². The third kappa shape index (κ3) is 4.60. The number of benzene rings is 1. The van der Waals surface area contributed by atoms with Gasteiger partial charge >= 0.3 is 0 Å². The van der Waals surface area contributed by atoms with Gasteiger partial charge in [0.05, 0.1) is 12.5 Å². The quantitative estimate of drug-likeness (QED) is 0.857. The van der Waals surface area contributed by atoms with Crippen LogP contribution >= 0.6 is 0 Å². The largest absolute Gasteiger partial charge is 0.353 e. The summed E-state index contributed by atoms with van der Waals surface area (Å²) < 4.78 is 0. The Morgan fingerprint density at radius 1 is 1.24 bits per heavy atom. The van der Waals surface area contributed by atoms with Crippen molar-refractivity contribution in [2.75, 3.05) is 26.7 Å². The highest BCUT2D eigenvalue weighted by Gasteiger charge is 2.37. The van der Waals surface area contributed by atoms with Crippen LogP contribution < -0.4 is 5.32 Å². The summed E-state index contributed by atoms with van der Waals surface area (Å²) in [5.74, 6) is 0.0731. The number of amides is 2. The van der Waals surface area contributed by atoms with E-state index in [1.807, 2.05) is 25.2 Å². The minimum atomic E-state index is -0.302. The molecule has 5 nitrogen and oxygen atoms in total. The average Bonchev–Trinajstić information content (AvgIpc) is 3.16. The predicted octanol–water partition coefficient (Wildman–Crippen LogP) is 1.82. The van der Waals surface area contributed by atoms with Crippen molar-refractivity contribution in [2.24, 2.45) is 0 Å². The topological polar surface area (TPSA) is 52.7 Å². The molecule has 5 heteroatoms. The fourth-order valence-electron chi connectivity index (χ4n) is 4.00. The van der Waals surface area contributed by atoms with Gasteiger partial charge in [0.15, 0.2) is 0 Å². The highest BCUT2D eigenvalue weighted by molar-refractivity contribution is 5.88. The average molecular weight is 343 g/mol. The lowest BCUT2D eigenvalue weighted by atomic mass is 10.0. The van der Waals surface area contributed by atoms with E-state index in [0.29, 0.717) is 19.1 Å². The Labute approximate surface area is 150 Å². The van der Waals surface area contributed by atoms with E-state index in [0.717, 1.165) is 25.8 Å².